The summed E-state index contributed by atoms with van der Waals surface area (Å²) in [5, 5.41) is 0. The van der Waals surface area contributed by atoms with E-state index in [1.165, 1.54) is 6.42 Å². The van der Waals surface area contributed by atoms with Crippen molar-refractivity contribution in [2.75, 3.05) is 32.0 Å². The van der Waals surface area contributed by atoms with E-state index in [2.05, 4.69) is 16.5 Å². The maximum atomic E-state index is 12.0. The van der Waals surface area contributed by atoms with Gasteiger partial charge in [-0.05, 0) is 45.2 Å². The lowest BCUT2D eigenvalue weighted by Gasteiger charge is -2.23. The van der Waals surface area contributed by atoms with E-state index in [1.54, 1.807) is 0 Å². The SMILES string of the molecule is CCN1CCC[C@H]1CNS(=O)(=O)CC[C@@H]1CCCO1. The quantitative estimate of drug-likeness (QED) is 0.759. The Bertz CT molecular complexity index is 366. The van der Waals surface area contributed by atoms with Crippen LogP contribution >= 0.6 is 0 Å². The lowest BCUT2D eigenvalue weighted by Crippen LogP contribution is -2.41. The van der Waals surface area contributed by atoms with Crippen LogP contribution in [0.25, 0.3) is 0 Å². The van der Waals surface area contributed by atoms with Gasteiger partial charge in [0.1, 0.15) is 0 Å². The van der Waals surface area contributed by atoms with Crippen LogP contribution in [0.4, 0.5) is 0 Å². The normalized spacial score (nSPS) is 29.1. The van der Waals surface area contributed by atoms with Crippen LogP contribution in [0.5, 0.6) is 0 Å². The number of rotatable bonds is 7. The Morgan fingerprint density at radius 3 is 2.84 bits per heavy atom. The van der Waals surface area contributed by atoms with Gasteiger partial charge in [-0.3, -0.25) is 4.90 Å². The molecule has 0 aromatic rings. The summed E-state index contributed by atoms with van der Waals surface area (Å²) < 4.78 is 32.1. The summed E-state index contributed by atoms with van der Waals surface area (Å²) in [5.41, 5.74) is 0. The molecule has 2 atom stereocenters. The van der Waals surface area contributed by atoms with E-state index < -0.39 is 10.0 Å². The molecule has 2 heterocycles. The summed E-state index contributed by atoms with van der Waals surface area (Å²) in [6, 6.07) is 0.377. The molecule has 112 valence electrons. The maximum Gasteiger partial charge on any atom is 0.211 e. The zero-order valence-corrected chi connectivity index (χ0v) is 12.6. The number of nitrogens with one attached hydrogen (secondary N) is 1. The molecule has 6 heteroatoms. The van der Waals surface area contributed by atoms with Crippen molar-refractivity contribution < 1.29 is 13.2 Å². The summed E-state index contributed by atoms with van der Waals surface area (Å²) in [7, 11) is -3.14. The first-order valence-corrected chi connectivity index (χ1v) is 9.09. The first-order valence-electron chi connectivity index (χ1n) is 7.43. The number of nitrogens with zero attached hydrogens (tertiary/aromatic N) is 1. The highest BCUT2D eigenvalue weighted by molar-refractivity contribution is 7.89. The molecule has 2 saturated heterocycles. The zero-order valence-electron chi connectivity index (χ0n) is 11.8. The lowest BCUT2D eigenvalue weighted by atomic mass is 10.2. The molecule has 0 aromatic heterocycles. The first kappa shape index (κ1) is 15.2. The lowest BCUT2D eigenvalue weighted by molar-refractivity contribution is 0.109. The molecule has 0 saturated carbocycles. The molecule has 0 bridgehead atoms. The van der Waals surface area contributed by atoms with Gasteiger partial charge in [0, 0.05) is 19.2 Å². The van der Waals surface area contributed by atoms with Crippen LogP contribution in [-0.2, 0) is 14.8 Å². The zero-order chi connectivity index (χ0) is 13.7. The second-order valence-electron chi connectivity index (χ2n) is 5.52. The molecule has 19 heavy (non-hydrogen) atoms. The Balaban J connectivity index is 1.71. The van der Waals surface area contributed by atoms with Gasteiger partial charge in [0.15, 0.2) is 0 Å². The highest BCUT2D eigenvalue weighted by Crippen LogP contribution is 2.17. The molecule has 5 nitrogen and oxygen atoms in total. The van der Waals surface area contributed by atoms with Gasteiger partial charge in [0.25, 0.3) is 0 Å². The van der Waals surface area contributed by atoms with Crippen molar-refractivity contribution in [2.24, 2.45) is 0 Å². The topological polar surface area (TPSA) is 58.6 Å². The van der Waals surface area contributed by atoms with E-state index in [-0.39, 0.29) is 11.9 Å². The van der Waals surface area contributed by atoms with E-state index in [9.17, 15) is 8.42 Å². The molecule has 0 aliphatic carbocycles. The van der Waals surface area contributed by atoms with Crippen molar-refractivity contribution >= 4 is 10.0 Å². The molecule has 0 amide bonds. The highest BCUT2D eigenvalue weighted by atomic mass is 32.2. The van der Waals surface area contributed by atoms with E-state index >= 15 is 0 Å². The van der Waals surface area contributed by atoms with Gasteiger partial charge >= 0.3 is 0 Å². The van der Waals surface area contributed by atoms with Crippen LogP contribution < -0.4 is 4.72 Å². The largest absolute Gasteiger partial charge is 0.378 e. The maximum absolute atomic E-state index is 12.0. The first-order chi connectivity index (χ1) is 9.11. The average Bonchev–Trinajstić information content (AvgIpc) is 3.05. The van der Waals surface area contributed by atoms with Gasteiger partial charge in [-0.1, -0.05) is 6.92 Å². The number of hydrogen-bond acceptors (Lipinski definition) is 4. The number of likely N-dealkylation sites (tertiary alicyclic amines) is 1. The summed E-state index contributed by atoms with van der Waals surface area (Å²) >= 11 is 0. The minimum absolute atomic E-state index is 0.148. The summed E-state index contributed by atoms with van der Waals surface area (Å²) in [6.07, 6.45) is 5.11. The average molecular weight is 290 g/mol. The van der Waals surface area contributed by atoms with Gasteiger partial charge in [-0.15, -0.1) is 0 Å². The van der Waals surface area contributed by atoms with Crippen molar-refractivity contribution in [3.63, 3.8) is 0 Å². The summed E-state index contributed by atoms with van der Waals surface area (Å²) in [6.45, 7) is 5.57. The molecule has 0 spiro atoms. The molecule has 2 rings (SSSR count). The van der Waals surface area contributed by atoms with Crippen LogP contribution in [0.3, 0.4) is 0 Å². The summed E-state index contributed by atoms with van der Waals surface area (Å²) in [4.78, 5) is 2.35. The predicted molar refractivity (Wildman–Crippen MR) is 75.6 cm³/mol. The highest BCUT2D eigenvalue weighted by Gasteiger charge is 2.25. The van der Waals surface area contributed by atoms with E-state index in [4.69, 9.17) is 4.74 Å². The third-order valence-corrected chi connectivity index (χ3v) is 5.56. The van der Waals surface area contributed by atoms with Gasteiger partial charge < -0.3 is 4.74 Å². The third kappa shape index (κ3) is 4.70. The van der Waals surface area contributed by atoms with E-state index in [0.717, 1.165) is 39.0 Å². The van der Waals surface area contributed by atoms with Crippen molar-refractivity contribution in [3.8, 4) is 0 Å². The molecular weight excluding hydrogens is 264 g/mol. The van der Waals surface area contributed by atoms with Gasteiger partial charge in [-0.25, -0.2) is 13.1 Å². The number of ether oxygens (including phenoxy) is 1. The standard InChI is InChI=1S/C13H26N2O3S/c1-2-15-8-3-5-12(15)11-14-19(16,17)10-7-13-6-4-9-18-13/h12-14H,2-11H2,1H3/t12-,13-/m0/s1. The Hall–Kier alpha value is -0.170. The second-order valence-corrected chi connectivity index (χ2v) is 7.44. The number of likely N-dealkylation sites (N-methyl/N-ethyl adjacent to an activating group) is 1. The van der Waals surface area contributed by atoms with Crippen LogP contribution in [0.1, 0.15) is 39.0 Å². The fourth-order valence-electron chi connectivity index (χ4n) is 3.00. The van der Waals surface area contributed by atoms with E-state index in [0.29, 0.717) is 19.0 Å². The molecule has 2 fully saturated rings. The minimum atomic E-state index is -3.14. The van der Waals surface area contributed by atoms with Crippen LogP contribution in [0.15, 0.2) is 0 Å². The molecule has 2 aliphatic rings. The Labute approximate surface area is 116 Å². The molecular formula is C13H26N2O3S. The van der Waals surface area contributed by atoms with Crippen molar-refractivity contribution in [1.82, 2.24) is 9.62 Å². The molecule has 2 aliphatic heterocycles. The van der Waals surface area contributed by atoms with Gasteiger partial charge in [0.2, 0.25) is 10.0 Å². The van der Waals surface area contributed by atoms with Gasteiger partial charge in [-0.2, -0.15) is 0 Å². The second kappa shape index (κ2) is 7.02. The third-order valence-electron chi connectivity index (χ3n) is 4.18. The fraction of sp³-hybridized carbons (Fsp3) is 1.00. The predicted octanol–water partition coefficient (Wildman–Crippen LogP) is 0.959. The Morgan fingerprint density at radius 1 is 1.32 bits per heavy atom. The van der Waals surface area contributed by atoms with Gasteiger partial charge in [0.05, 0.1) is 11.9 Å². The summed E-state index contributed by atoms with van der Waals surface area (Å²) in [5.74, 6) is 0.191. The van der Waals surface area contributed by atoms with Crippen molar-refractivity contribution in [2.45, 2.75) is 51.2 Å². The Kier molecular flexibility index (Phi) is 5.62. The molecule has 0 aromatic carbocycles. The van der Waals surface area contributed by atoms with Crippen molar-refractivity contribution in [1.29, 1.82) is 0 Å². The molecule has 1 N–H and O–H groups in total. The van der Waals surface area contributed by atoms with E-state index in [1.807, 2.05) is 0 Å². The number of hydrogen-bond donors (Lipinski definition) is 1. The van der Waals surface area contributed by atoms with Crippen LogP contribution in [0.2, 0.25) is 0 Å². The number of sulfonamides is 1. The van der Waals surface area contributed by atoms with Crippen LogP contribution in [0, 0.1) is 0 Å². The smallest absolute Gasteiger partial charge is 0.211 e. The van der Waals surface area contributed by atoms with Crippen molar-refractivity contribution in [3.05, 3.63) is 0 Å². The minimum Gasteiger partial charge on any atom is -0.378 e. The molecule has 0 radical (unpaired) electrons. The fourth-order valence-corrected chi connectivity index (χ4v) is 4.16. The monoisotopic (exact) mass is 290 g/mol. The van der Waals surface area contributed by atoms with Crippen LogP contribution in [-0.4, -0.2) is 57.5 Å². The Morgan fingerprint density at radius 2 is 2.16 bits per heavy atom. The molecule has 0 unspecified atom stereocenters.